The lowest BCUT2D eigenvalue weighted by molar-refractivity contribution is -0.137. The van der Waals surface area contributed by atoms with Gasteiger partial charge in [0.25, 0.3) is 0 Å². The van der Waals surface area contributed by atoms with E-state index in [2.05, 4.69) is 68.5 Å². The normalized spacial score (nSPS) is 10.6. The molecule has 4 heteroatoms. The molecule has 3 aromatic rings. The summed E-state index contributed by atoms with van der Waals surface area (Å²) in [6.07, 6.45) is 2.68. The zero-order chi connectivity index (χ0) is 19.8. The summed E-state index contributed by atoms with van der Waals surface area (Å²) in [5.41, 5.74) is 5.89. The fraction of sp³-hybridized carbons (Fsp3) is 0.208. The van der Waals surface area contributed by atoms with Crippen molar-refractivity contribution in [3.63, 3.8) is 0 Å². The van der Waals surface area contributed by atoms with Crippen molar-refractivity contribution >= 4 is 13.8 Å². The lowest BCUT2D eigenvalue weighted by atomic mass is 9.96. The van der Waals surface area contributed by atoms with Crippen LogP contribution in [-0.2, 0) is 24.1 Å². The molecule has 0 aliphatic carbocycles. The number of rotatable bonds is 9. The van der Waals surface area contributed by atoms with Crippen molar-refractivity contribution in [1.82, 2.24) is 0 Å². The molecule has 0 bridgehead atoms. The number of benzene rings is 3. The fourth-order valence-electron chi connectivity index (χ4n) is 3.18. The van der Waals surface area contributed by atoms with Crippen LogP contribution in [0.5, 0.6) is 5.75 Å². The minimum absolute atomic E-state index is 0.211. The van der Waals surface area contributed by atoms with Crippen LogP contribution >= 0.6 is 0 Å². The number of aryl methyl sites for hydroxylation is 1. The smallest absolute Gasteiger partial charge is 0.303 e. The van der Waals surface area contributed by atoms with E-state index < -0.39 is 5.97 Å². The first-order valence-electron chi connectivity index (χ1n) is 9.76. The monoisotopic (exact) mass is 372 g/mol. The third-order valence-corrected chi connectivity index (χ3v) is 4.78. The molecule has 0 amide bonds. The van der Waals surface area contributed by atoms with Gasteiger partial charge in [0.05, 0.1) is 0 Å². The van der Waals surface area contributed by atoms with Gasteiger partial charge >= 0.3 is 5.97 Å². The van der Waals surface area contributed by atoms with Crippen LogP contribution in [0, 0.1) is 0 Å². The van der Waals surface area contributed by atoms with E-state index in [9.17, 15) is 4.79 Å². The maximum Gasteiger partial charge on any atom is 0.303 e. The maximum absolute atomic E-state index is 10.6. The van der Waals surface area contributed by atoms with Gasteiger partial charge in [-0.1, -0.05) is 72.5 Å². The lowest BCUT2D eigenvalue weighted by Crippen LogP contribution is -1.97. The molecular weight excluding hydrogens is 347 g/mol. The number of carbonyl (C=O) groups is 1. The average Bonchev–Trinajstić information content (AvgIpc) is 2.73. The largest absolute Gasteiger partial charge is 0.489 e. The van der Waals surface area contributed by atoms with Crippen LogP contribution in [0.3, 0.4) is 0 Å². The van der Waals surface area contributed by atoms with Gasteiger partial charge < -0.3 is 9.84 Å². The van der Waals surface area contributed by atoms with Crippen molar-refractivity contribution in [2.24, 2.45) is 0 Å². The Bertz CT molecular complexity index is 919. The van der Waals surface area contributed by atoms with Gasteiger partial charge in [0, 0.05) is 6.42 Å². The first-order chi connectivity index (χ1) is 13.6. The van der Waals surface area contributed by atoms with E-state index in [0.29, 0.717) is 13.0 Å². The molecule has 3 rings (SSSR count). The maximum atomic E-state index is 10.6. The molecule has 0 spiro atoms. The number of hydrogen-bond acceptors (Lipinski definition) is 2. The Morgan fingerprint density at radius 2 is 1.61 bits per heavy atom. The summed E-state index contributed by atoms with van der Waals surface area (Å²) in [6, 6.07) is 24.9. The van der Waals surface area contributed by atoms with E-state index in [1.807, 2.05) is 12.1 Å². The average molecular weight is 372 g/mol. The standard InChI is InChI=1S/C24H25BO3/c25-16-19-5-1-6-20(14-19)17-28-23-8-3-7-22(15-23)21-12-10-18(11-13-21)4-2-9-24(26)27/h1,3,5-8,10-15H,2,4,9,16-17,25H2,(H,26,27). The van der Waals surface area contributed by atoms with Crippen molar-refractivity contribution in [2.75, 3.05) is 0 Å². The van der Waals surface area contributed by atoms with Crippen LogP contribution in [0.15, 0.2) is 72.8 Å². The minimum Gasteiger partial charge on any atom is -0.489 e. The summed E-state index contributed by atoms with van der Waals surface area (Å²) in [5, 5.41) is 8.74. The highest BCUT2D eigenvalue weighted by Crippen LogP contribution is 2.25. The van der Waals surface area contributed by atoms with E-state index in [1.54, 1.807) is 0 Å². The molecule has 0 aromatic heterocycles. The molecule has 0 aliphatic heterocycles. The Hall–Kier alpha value is -3.01. The van der Waals surface area contributed by atoms with E-state index in [4.69, 9.17) is 9.84 Å². The van der Waals surface area contributed by atoms with E-state index in [0.717, 1.165) is 35.2 Å². The van der Waals surface area contributed by atoms with E-state index in [-0.39, 0.29) is 6.42 Å². The molecule has 3 aromatic carbocycles. The van der Waals surface area contributed by atoms with Crippen LogP contribution in [0.4, 0.5) is 0 Å². The second-order valence-corrected chi connectivity index (χ2v) is 6.93. The Kier molecular flexibility index (Phi) is 6.91. The van der Waals surface area contributed by atoms with Crippen LogP contribution in [0.25, 0.3) is 11.1 Å². The number of hydrogen-bond donors (Lipinski definition) is 1. The first-order valence-corrected chi connectivity index (χ1v) is 9.76. The Morgan fingerprint density at radius 3 is 2.36 bits per heavy atom. The number of carboxylic acids is 1. The van der Waals surface area contributed by atoms with Crippen LogP contribution in [0.2, 0.25) is 0 Å². The van der Waals surface area contributed by atoms with Gasteiger partial charge in [-0.15, -0.1) is 0 Å². The van der Waals surface area contributed by atoms with Gasteiger partial charge in [-0.3, -0.25) is 4.79 Å². The quantitative estimate of drug-likeness (QED) is 0.564. The molecule has 28 heavy (non-hydrogen) atoms. The molecule has 0 radical (unpaired) electrons. The van der Waals surface area contributed by atoms with Crippen molar-refractivity contribution in [1.29, 1.82) is 0 Å². The zero-order valence-electron chi connectivity index (χ0n) is 16.2. The highest BCUT2D eigenvalue weighted by atomic mass is 16.5. The lowest BCUT2D eigenvalue weighted by Gasteiger charge is -2.10. The second-order valence-electron chi connectivity index (χ2n) is 6.93. The minimum atomic E-state index is -0.741. The number of ether oxygens (including phenoxy) is 1. The second kappa shape index (κ2) is 9.79. The SMILES string of the molecule is BCc1cccc(COc2cccc(-c3ccc(CCCC(=O)O)cc3)c2)c1. The molecular formula is C24H25BO3. The van der Waals surface area contributed by atoms with Gasteiger partial charge in [0.2, 0.25) is 0 Å². The van der Waals surface area contributed by atoms with E-state index in [1.165, 1.54) is 11.1 Å². The summed E-state index contributed by atoms with van der Waals surface area (Å²) < 4.78 is 6.00. The van der Waals surface area contributed by atoms with Crippen LogP contribution in [-0.4, -0.2) is 18.9 Å². The van der Waals surface area contributed by atoms with Crippen molar-refractivity contribution in [3.05, 3.63) is 89.5 Å². The third kappa shape index (κ3) is 5.75. The van der Waals surface area contributed by atoms with Gasteiger partial charge in [0.15, 0.2) is 0 Å². The summed E-state index contributed by atoms with van der Waals surface area (Å²) in [7, 11) is 2.15. The molecule has 3 nitrogen and oxygen atoms in total. The first kappa shape index (κ1) is 19.7. The topological polar surface area (TPSA) is 46.5 Å². The van der Waals surface area contributed by atoms with Crippen molar-refractivity contribution in [3.8, 4) is 16.9 Å². The summed E-state index contributed by atoms with van der Waals surface area (Å²) in [5.74, 6) is 0.111. The number of carboxylic acid groups (broad SMARTS) is 1. The molecule has 142 valence electrons. The predicted octanol–water partition coefficient (Wildman–Crippen LogP) is 4.47. The van der Waals surface area contributed by atoms with Gasteiger partial charge in [0.1, 0.15) is 20.2 Å². The molecule has 0 aliphatic rings. The van der Waals surface area contributed by atoms with Crippen molar-refractivity contribution in [2.45, 2.75) is 32.2 Å². The van der Waals surface area contributed by atoms with Crippen molar-refractivity contribution < 1.29 is 14.6 Å². The summed E-state index contributed by atoms with van der Waals surface area (Å²) >= 11 is 0. The zero-order valence-corrected chi connectivity index (χ0v) is 16.2. The molecule has 0 saturated heterocycles. The van der Waals surface area contributed by atoms with Gasteiger partial charge in [-0.25, -0.2) is 0 Å². The molecule has 0 fully saturated rings. The van der Waals surface area contributed by atoms with Gasteiger partial charge in [-0.2, -0.15) is 0 Å². The molecule has 0 saturated carbocycles. The molecule has 1 N–H and O–H groups in total. The third-order valence-electron chi connectivity index (χ3n) is 4.78. The highest BCUT2D eigenvalue weighted by Gasteiger charge is 2.03. The molecule has 0 unspecified atom stereocenters. The van der Waals surface area contributed by atoms with Gasteiger partial charge in [-0.05, 0) is 47.2 Å². The molecule has 0 atom stereocenters. The molecule has 0 heterocycles. The number of aliphatic carboxylic acids is 1. The van der Waals surface area contributed by atoms with Crippen LogP contribution < -0.4 is 4.74 Å². The Balaban J connectivity index is 1.63. The fourth-order valence-corrected chi connectivity index (χ4v) is 3.18. The summed E-state index contributed by atoms with van der Waals surface area (Å²) in [4.78, 5) is 10.6. The van der Waals surface area contributed by atoms with Crippen LogP contribution in [0.1, 0.15) is 29.5 Å². The predicted molar refractivity (Wildman–Crippen MR) is 115 cm³/mol. The Labute approximate surface area is 167 Å². The Morgan fingerprint density at radius 1 is 0.857 bits per heavy atom. The highest BCUT2D eigenvalue weighted by molar-refractivity contribution is 6.08. The van der Waals surface area contributed by atoms with E-state index >= 15 is 0 Å². The summed E-state index contributed by atoms with van der Waals surface area (Å²) in [6.45, 7) is 0.555.